The van der Waals surface area contributed by atoms with Gasteiger partial charge in [-0.15, -0.1) is 0 Å². The second-order valence-electron chi connectivity index (χ2n) is 6.12. The fraction of sp³-hybridized carbons (Fsp3) is 0.688. The lowest BCUT2D eigenvalue weighted by Crippen LogP contribution is -2.46. The zero-order valence-electron chi connectivity index (χ0n) is 12.9. The molecule has 0 aliphatic carbocycles. The molecule has 1 aromatic rings. The average molecular weight is 264 g/mol. The smallest absolute Gasteiger partial charge is 0.0777 e. The molecule has 1 heterocycles. The fourth-order valence-corrected chi connectivity index (χ4v) is 2.33. The van der Waals surface area contributed by atoms with Crippen molar-refractivity contribution < 1.29 is 4.74 Å². The Morgan fingerprint density at radius 2 is 1.95 bits per heavy atom. The van der Waals surface area contributed by atoms with E-state index in [0.29, 0.717) is 6.61 Å². The maximum Gasteiger partial charge on any atom is 0.0777 e. The summed E-state index contributed by atoms with van der Waals surface area (Å²) in [5.74, 6) is 0. The van der Waals surface area contributed by atoms with E-state index in [9.17, 15) is 0 Å². The van der Waals surface area contributed by atoms with E-state index in [4.69, 9.17) is 10.5 Å². The van der Waals surface area contributed by atoms with Crippen molar-refractivity contribution in [2.24, 2.45) is 11.1 Å². The molecule has 1 aromatic heterocycles. The maximum absolute atomic E-state index is 6.33. The Labute approximate surface area is 117 Å². The molecule has 2 atom stereocenters. The molecule has 0 radical (unpaired) electrons. The lowest BCUT2D eigenvalue weighted by atomic mass is 9.83. The second kappa shape index (κ2) is 7.01. The molecule has 0 aliphatic rings. The Morgan fingerprint density at radius 3 is 2.37 bits per heavy atom. The van der Waals surface area contributed by atoms with Gasteiger partial charge in [-0.25, -0.2) is 0 Å². The van der Waals surface area contributed by atoms with E-state index in [0.717, 1.165) is 18.5 Å². The van der Waals surface area contributed by atoms with Crippen molar-refractivity contribution in [1.29, 1.82) is 0 Å². The summed E-state index contributed by atoms with van der Waals surface area (Å²) in [7, 11) is 0. The van der Waals surface area contributed by atoms with Crippen LogP contribution in [-0.4, -0.2) is 23.7 Å². The first kappa shape index (κ1) is 16.1. The molecule has 0 spiro atoms. The number of nitrogens with zero attached hydrogens (tertiary/aromatic N) is 1. The molecule has 2 unspecified atom stereocenters. The maximum atomic E-state index is 6.33. The Bertz CT molecular complexity index is 367. The predicted molar refractivity (Wildman–Crippen MR) is 80.2 cm³/mol. The van der Waals surface area contributed by atoms with Crippen LogP contribution < -0.4 is 5.73 Å². The number of rotatable bonds is 6. The van der Waals surface area contributed by atoms with E-state index in [-0.39, 0.29) is 17.6 Å². The Balaban J connectivity index is 2.72. The van der Waals surface area contributed by atoms with Crippen LogP contribution in [0.25, 0.3) is 0 Å². The Morgan fingerprint density at radius 1 is 1.26 bits per heavy atom. The van der Waals surface area contributed by atoms with Gasteiger partial charge in [0.05, 0.1) is 6.10 Å². The largest absolute Gasteiger partial charge is 0.376 e. The summed E-state index contributed by atoms with van der Waals surface area (Å²) in [5.41, 5.74) is 8.67. The van der Waals surface area contributed by atoms with Crippen molar-refractivity contribution in [2.45, 2.75) is 59.6 Å². The zero-order chi connectivity index (χ0) is 14.5. The summed E-state index contributed by atoms with van der Waals surface area (Å²) in [6, 6.07) is 4.17. The van der Waals surface area contributed by atoms with Crippen LogP contribution in [0.3, 0.4) is 0 Å². The van der Waals surface area contributed by atoms with Crippen LogP contribution in [0.4, 0.5) is 0 Å². The zero-order valence-corrected chi connectivity index (χ0v) is 12.9. The van der Waals surface area contributed by atoms with Gasteiger partial charge in [0.2, 0.25) is 0 Å². The number of aromatic nitrogens is 1. The van der Waals surface area contributed by atoms with Gasteiger partial charge in [0, 0.05) is 31.0 Å². The summed E-state index contributed by atoms with van der Waals surface area (Å²) in [6.45, 7) is 11.3. The molecule has 0 fully saturated rings. The number of pyridine rings is 1. The third-order valence-corrected chi connectivity index (χ3v) is 3.33. The average Bonchev–Trinajstić information content (AvgIpc) is 2.35. The minimum Gasteiger partial charge on any atom is -0.376 e. The van der Waals surface area contributed by atoms with E-state index in [1.807, 2.05) is 13.1 Å². The summed E-state index contributed by atoms with van der Waals surface area (Å²) in [6.07, 6.45) is 3.76. The summed E-state index contributed by atoms with van der Waals surface area (Å²) in [5, 5.41) is 0. The van der Waals surface area contributed by atoms with Crippen LogP contribution in [-0.2, 0) is 17.6 Å². The van der Waals surface area contributed by atoms with Crippen molar-refractivity contribution in [2.75, 3.05) is 6.61 Å². The highest BCUT2D eigenvalue weighted by atomic mass is 16.5. The highest BCUT2D eigenvalue weighted by Gasteiger charge is 2.30. The van der Waals surface area contributed by atoms with Crippen LogP contribution in [0.1, 0.15) is 45.9 Å². The highest BCUT2D eigenvalue weighted by Crippen LogP contribution is 2.25. The quantitative estimate of drug-likeness (QED) is 0.859. The van der Waals surface area contributed by atoms with Gasteiger partial charge in [0.1, 0.15) is 0 Å². The van der Waals surface area contributed by atoms with Crippen LogP contribution in [0.15, 0.2) is 18.3 Å². The number of hydrogen-bond donors (Lipinski definition) is 1. The molecule has 0 aromatic carbocycles. The molecule has 0 aliphatic heterocycles. The van der Waals surface area contributed by atoms with E-state index >= 15 is 0 Å². The molecule has 0 bridgehead atoms. The fourth-order valence-electron chi connectivity index (χ4n) is 2.33. The van der Waals surface area contributed by atoms with E-state index in [1.165, 1.54) is 5.56 Å². The molecular formula is C16H28N2O. The van der Waals surface area contributed by atoms with Crippen LogP contribution in [0, 0.1) is 5.41 Å². The van der Waals surface area contributed by atoms with Crippen LogP contribution in [0.5, 0.6) is 0 Å². The first-order chi connectivity index (χ1) is 8.88. The van der Waals surface area contributed by atoms with Gasteiger partial charge in [-0.1, -0.05) is 33.8 Å². The highest BCUT2D eigenvalue weighted by molar-refractivity contribution is 5.15. The van der Waals surface area contributed by atoms with Crippen molar-refractivity contribution in [3.8, 4) is 0 Å². The lowest BCUT2D eigenvalue weighted by Gasteiger charge is -2.34. The van der Waals surface area contributed by atoms with Crippen molar-refractivity contribution >= 4 is 0 Å². The number of nitrogens with two attached hydrogens (primary N) is 1. The SMILES string of the molecule is CCOC(C(N)Cc1ccc(CC)cn1)C(C)(C)C. The van der Waals surface area contributed by atoms with Gasteiger partial charge in [0.25, 0.3) is 0 Å². The van der Waals surface area contributed by atoms with Crippen molar-refractivity contribution in [3.63, 3.8) is 0 Å². The molecule has 2 N–H and O–H groups in total. The number of hydrogen-bond acceptors (Lipinski definition) is 3. The molecule has 3 nitrogen and oxygen atoms in total. The van der Waals surface area contributed by atoms with Crippen LogP contribution in [0.2, 0.25) is 0 Å². The van der Waals surface area contributed by atoms with E-state index in [2.05, 4.69) is 44.8 Å². The molecule has 19 heavy (non-hydrogen) atoms. The van der Waals surface area contributed by atoms with Crippen molar-refractivity contribution in [3.05, 3.63) is 29.6 Å². The van der Waals surface area contributed by atoms with Gasteiger partial charge in [-0.3, -0.25) is 4.98 Å². The Hall–Kier alpha value is -0.930. The van der Waals surface area contributed by atoms with E-state index in [1.54, 1.807) is 0 Å². The topological polar surface area (TPSA) is 48.1 Å². The predicted octanol–water partition coefficient (Wildman–Crippen LogP) is 2.97. The summed E-state index contributed by atoms with van der Waals surface area (Å²) < 4.78 is 5.83. The summed E-state index contributed by atoms with van der Waals surface area (Å²) >= 11 is 0. The number of ether oxygens (including phenoxy) is 1. The summed E-state index contributed by atoms with van der Waals surface area (Å²) in [4.78, 5) is 4.48. The van der Waals surface area contributed by atoms with Gasteiger partial charge in [0.15, 0.2) is 0 Å². The molecule has 1 rings (SSSR count). The second-order valence-corrected chi connectivity index (χ2v) is 6.12. The number of aryl methyl sites for hydroxylation is 1. The standard InChI is InChI=1S/C16H28N2O/c1-6-12-8-9-13(18-11-12)10-14(17)15(19-7-2)16(3,4)5/h8-9,11,14-15H,6-7,10,17H2,1-5H3. The van der Waals surface area contributed by atoms with Gasteiger partial charge >= 0.3 is 0 Å². The molecule has 0 amide bonds. The minimum atomic E-state index is -0.0278. The van der Waals surface area contributed by atoms with Gasteiger partial charge in [-0.05, 0) is 30.4 Å². The van der Waals surface area contributed by atoms with Crippen molar-refractivity contribution in [1.82, 2.24) is 4.98 Å². The molecule has 0 saturated heterocycles. The monoisotopic (exact) mass is 264 g/mol. The normalized spacial score (nSPS) is 15.3. The molecule has 0 saturated carbocycles. The molecular weight excluding hydrogens is 236 g/mol. The first-order valence-electron chi connectivity index (χ1n) is 7.19. The first-order valence-corrected chi connectivity index (χ1v) is 7.19. The van der Waals surface area contributed by atoms with Gasteiger partial charge < -0.3 is 10.5 Å². The third kappa shape index (κ3) is 4.92. The molecule has 3 heteroatoms. The lowest BCUT2D eigenvalue weighted by molar-refractivity contribution is -0.0275. The Kier molecular flexibility index (Phi) is 5.95. The van der Waals surface area contributed by atoms with Crippen LogP contribution >= 0.6 is 0 Å². The minimum absolute atomic E-state index is 0.0278. The molecule has 108 valence electrons. The van der Waals surface area contributed by atoms with Gasteiger partial charge in [-0.2, -0.15) is 0 Å². The third-order valence-electron chi connectivity index (χ3n) is 3.33. The van der Waals surface area contributed by atoms with E-state index < -0.39 is 0 Å².